The van der Waals surface area contributed by atoms with Crippen LogP contribution in [0.25, 0.3) is 0 Å². The quantitative estimate of drug-likeness (QED) is 0.671. The van der Waals surface area contributed by atoms with Crippen LogP contribution in [0.5, 0.6) is 0 Å². The maximum atomic E-state index is 9.11. The van der Waals surface area contributed by atoms with E-state index in [1.54, 1.807) is 0 Å². The van der Waals surface area contributed by atoms with Crippen molar-refractivity contribution in [1.29, 1.82) is 0 Å². The van der Waals surface area contributed by atoms with Gasteiger partial charge in [-0.2, -0.15) is 0 Å². The molecule has 2 atom stereocenters. The van der Waals surface area contributed by atoms with E-state index in [2.05, 4.69) is 29.2 Å². The summed E-state index contributed by atoms with van der Waals surface area (Å²) >= 11 is 0. The monoisotopic (exact) mass is 229 g/mol. The first-order valence-electron chi connectivity index (χ1n) is 6.34. The predicted molar refractivity (Wildman–Crippen MR) is 67.7 cm³/mol. The molecular weight excluding hydrogens is 202 g/mol. The standard InChI is InChI=1S/C12H27N3O/c1-13-11(10-16)6-8-15-7-4-5-12(9-15)14(2)3/h11-13,16H,4-10H2,1-3H3. The van der Waals surface area contributed by atoms with Gasteiger partial charge in [-0.1, -0.05) is 0 Å². The number of piperidine rings is 1. The van der Waals surface area contributed by atoms with Gasteiger partial charge in [-0.3, -0.25) is 0 Å². The van der Waals surface area contributed by atoms with E-state index in [4.69, 9.17) is 5.11 Å². The fourth-order valence-corrected chi connectivity index (χ4v) is 2.32. The first-order chi connectivity index (χ1) is 7.67. The fourth-order valence-electron chi connectivity index (χ4n) is 2.32. The zero-order valence-corrected chi connectivity index (χ0v) is 10.9. The van der Waals surface area contributed by atoms with Gasteiger partial charge >= 0.3 is 0 Å². The van der Waals surface area contributed by atoms with Crippen LogP contribution in [0.3, 0.4) is 0 Å². The molecule has 2 N–H and O–H groups in total. The SMILES string of the molecule is CNC(CO)CCN1CCCC(N(C)C)C1. The van der Waals surface area contributed by atoms with Crippen molar-refractivity contribution >= 4 is 0 Å². The van der Waals surface area contributed by atoms with Crippen LogP contribution >= 0.6 is 0 Å². The molecule has 0 aromatic carbocycles. The third kappa shape index (κ3) is 4.37. The maximum absolute atomic E-state index is 9.11. The van der Waals surface area contributed by atoms with Crippen molar-refractivity contribution in [2.75, 3.05) is 47.4 Å². The van der Waals surface area contributed by atoms with Gasteiger partial charge in [0, 0.05) is 18.6 Å². The molecule has 0 radical (unpaired) electrons. The Bertz CT molecular complexity index is 183. The van der Waals surface area contributed by atoms with Crippen molar-refractivity contribution in [2.24, 2.45) is 0 Å². The Morgan fingerprint density at radius 1 is 1.50 bits per heavy atom. The van der Waals surface area contributed by atoms with E-state index in [-0.39, 0.29) is 12.6 Å². The number of nitrogens with zero attached hydrogens (tertiary/aromatic N) is 2. The Balaban J connectivity index is 2.26. The Morgan fingerprint density at radius 2 is 2.25 bits per heavy atom. The van der Waals surface area contributed by atoms with Gasteiger partial charge in [0.15, 0.2) is 0 Å². The first kappa shape index (κ1) is 13.9. The van der Waals surface area contributed by atoms with Gasteiger partial charge in [0.2, 0.25) is 0 Å². The van der Waals surface area contributed by atoms with E-state index >= 15 is 0 Å². The molecule has 0 bridgehead atoms. The smallest absolute Gasteiger partial charge is 0.0585 e. The minimum absolute atomic E-state index is 0.238. The third-order valence-corrected chi connectivity index (χ3v) is 3.63. The van der Waals surface area contributed by atoms with Gasteiger partial charge in [0.25, 0.3) is 0 Å². The summed E-state index contributed by atoms with van der Waals surface area (Å²) in [7, 11) is 6.25. The Labute approximate surface area is 99.6 Å². The first-order valence-corrected chi connectivity index (χ1v) is 6.34. The summed E-state index contributed by atoms with van der Waals surface area (Å²) in [6.45, 7) is 3.72. The minimum Gasteiger partial charge on any atom is -0.395 e. The lowest BCUT2D eigenvalue weighted by atomic mass is 10.0. The molecule has 1 aliphatic rings. The van der Waals surface area contributed by atoms with Crippen molar-refractivity contribution < 1.29 is 5.11 Å². The van der Waals surface area contributed by atoms with Crippen molar-refractivity contribution in [3.63, 3.8) is 0 Å². The number of aliphatic hydroxyl groups excluding tert-OH is 1. The average Bonchev–Trinajstić information content (AvgIpc) is 2.31. The van der Waals surface area contributed by atoms with Crippen molar-refractivity contribution in [1.82, 2.24) is 15.1 Å². The molecule has 1 aliphatic heterocycles. The summed E-state index contributed by atoms with van der Waals surface area (Å²) in [6.07, 6.45) is 3.65. The van der Waals surface area contributed by atoms with E-state index in [0.29, 0.717) is 6.04 Å². The number of hydrogen-bond acceptors (Lipinski definition) is 4. The second kappa shape index (κ2) is 7.22. The number of rotatable bonds is 6. The number of likely N-dealkylation sites (N-methyl/N-ethyl adjacent to an activating group) is 2. The topological polar surface area (TPSA) is 38.7 Å². The van der Waals surface area contributed by atoms with Crippen LogP contribution in [-0.4, -0.2) is 74.4 Å². The lowest BCUT2D eigenvalue weighted by Crippen LogP contribution is -2.46. The van der Waals surface area contributed by atoms with E-state index in [1.807, 2.05) is 7.05 Å². The summed E-state index contributed by atoms with van der Waals surface area (Å²) in [5.74, 6) is 0. The summed E-state index contributed by atoms with van der Waals surface area (Å²) in [5, 5.41) is 12.2. The molecule has 0 saturated carbocycles. The molecule has 4 heteroatoms. The van der Waals surface area contributed by atoms with E-state index in [1.165, 1.54) is 25.9 Å². The second-order valence-electron chi connectivity index (χ2n) is 5.02. The van der Waals surface area contributed by atoms with E-state index in [9.17, 15) is 0 Å². The lowest BCUT2D eigenvalue weighted by Gasteiger charge is -2.36. The number of nitrogens with one attached hydrogen (secondary N) is 1. The van der Waals surface area contributed by atoms with E-state index < -0.39 is 0 Å². The predicted octanol–water partition coefficient (Wildman–Crippen LogP) is -0.0172. The van der Waals surface area contributed by atoms with Crippen molar-refractivity contribution in [3.8, 4) is 0 Å². The fraction of sp³-hybridized carbons (Fsp3) is 1.00. The summed E-state index contributed by atoms with van der Waals surface area (Å²) in [5.41, 5.74) is 0. The summed E-state index contributed by atoms with van der Waals surface area (Å²) in [6, 6.07) is 0.954. The second-order valence-corrected chi connectivity index (χ2v) is 5.02. The largest absolute Gasteiger partial charge is 0.395 e. The highest BCUT2D eigenvalue weighted by Gasteiger charge is 2.21. The summed E-state index contributed by atoms with van der Waals surface area (Å²) < 4.78 is 0. The molecule has 96 valence electrons. The van der Waals surface area contributed by atoms with Crippen LogP contribution < -0.4 is 5.32 Å². The maximum Gasteiger partial charge on any atom is 0.0585 e. The van der Waals surface area contributed by atoms with Gasteiger partial charge in [0.1, 0.15) is 0 Å². The van der Waals surface area contributed by atoms with E-state index in [0.717, 1.165) is 13.0 Å². The molecule has 1 fully saturated rings. The van der Waals surface area contributed by atoms with Crippen LogP contribution in [0.1, 0.15) is 19.3 Å². The molecule has 0 spiro atoms. The third-order valence-electron chi connectivity index (χ3n) is 3.63. The van der Waals surface area contributed by atoms with Crippen LogP contribution in [0, 0.1) is 0 Å². The van der Waals surface area contributed by atoms with Crippen LogP contribution in [0.4, 0.5) is 0 Å². The highest BCUT2D eigenvalue weighted by molar-refractivity contribution is 4.78. The molecule has 1 saturated heterocycles. The molecule has 0 aromatic heterocycles. The van der Waals surface area contributed by atoms with Crippen LogP contribution in [0.2, 0.25) is 0 Å². The molecule has 0 aliphatic carbocycles. The van der Waals surface area contributed by atoms with Crippen molar-refractivity contribution in [3.05, 3.63) is 0 Å². The Hall–Kier alpha value is -0.160. The zero-order chi connectivity index (χ0) is 12.0. The molecule has 0 amide bonds. The lowest BCUT2D eigenvalue weighted by molar-refractivity contribution is 0.125. The molecule has 1 heterocycles. The molecule has 1 rings (SSSR count). The van der Waals surface area contributed by atoms with Crippen LogP contribution in [0.15, 0.2) is 0 Å². The van der Waals surface area contributed by atoms with Gasteiger partial charge in [-0.25, -0.2) is 0 Å². The normalized spacial score (nSPS) is 24.9. The van der Waals surface area contributed by atoms with Crippen molar-refractivity contribution in [2.45, 2.75) is 31.3 Å². The average molecular weight is 229 g/mol. The van der Waals surface area contributed by atoms with Gasteiger partial charge in [-0.05, 0) is 53.5 Å². The molecule has 16 heavy (non-hydrogen) atoms. The highest BCUT2D eigenvalue weighted by atomic mass is 16.3. The van der Waals surface area contributed by atoms with Crippen LogP contribution in [-0.2, 0) is 0 Å². The summed E-state index contributed by atoms with van der Waals surface area (Å²) in [4.78, 5) is 4.85. The Kier molecular flexibility index (Phi) is 6.28. The minimum atomic E-state index is 0.238. The molecule has 4 nitrogen and oxygen atoms in total. The van der Waals surface area contributed by atoms with Gasteiger partial charge in [-0.15, -0.1) is 0 Å². The zero-order valence-electron chi connectivity index (χ0n) is 10.9. The highest BCUT2D eigenvalue weighted by Crippen LogP contribution is 2.14. The number of aliphatic hydroxyl groups is 1. The van der Waals surface area contributed by atoms with Gasteiger partial charge < -0.3 is 20.2 Å². The molecule has 0 aromatic rings. The number of likely N-dealkylation sites (tertiary alicyclic amines) is 1. The Morgan fingerprint density at radius 3 is 2.81 bits per heavy atom. The molecular formula is C12H27N3O. The molecule has 2 unspecified atom stereocenters. The van der Waals surface area contributed by atoms with Gasteiger partial charge in [0.05, 0.1) is 6.61 Å². The number of hydrogen-bond donors (Lipinski definition) is 2.